The van der Waals surface area contributed by atoms with Crippen LogP contribution in [0.3, 0.4) is 0 Å². The SMILES string of the molecule is NC(=O)N/N=C/C1=C(C(=O)O)N2C(=O)C(N)[C@H]2SC1. The lowest BCUT2D eigenvalue weighted by Crippen LogP contribution is -2.68. The molecule has 1 fully saturated rings. The Bertz CT molecular complexity index is 517. The Labute approximate surface area is 111 Å². The molecular formula is C9H11N5O4S. The monoisotopic (exact) mass is 285 g/mol. The fourth-order valence-electron chi connectivity index (χ4n) is 1.81. The first-order valence-corrected chi connectivity index (χ1v) is 6.23. The molecule has 0 aromatic heterocycles. The van der Waals surface area contributed by atoms with Crippen LogP contribution in [0.2, 0.25) is 0 Å². The summed E-state index contributed by atoms with van der Waals surface area (Å²) in [5.41, 5.74) is 12.5. The molecule has 6 N–H and O–H groups in total. The maximum absolute atomic E-state index is 11.6. The number of hydrogen-bond donors (Lipinski definition) is 4. The number of β-lactam (4-membered cyclic amide) rings is 1. The minimum atomic E-state index is -1.24. The van der Waals surface area contributed by atoms with E-state index < -0.39 is 23.9 Å². The second-order valence-corrected chi connectivity index (χ2v) is 4.95. The zero-order valence-corrected chi connectivity index (χ0v) is 10.4. The number of hydrazone groups is 1. The van der Waals surface area contributed by atoms with Crippen LogP contribution in [0.25, 0.3) is 0 Å². The van der Waals surface area contributed by atoms with Gasteiger partial charge in [-0.25, -0.2) is 15.0 Å². The molecule has 0 aliphatic carbocycles. The summed E-state index contributed by atoms with van der Waals surface area (Å²) in [6.07, 6.45) is 1.16. The first-order chi connectivity index (χ1) is 8.93. The lowest BCUT2D eigenvalue weighted by atomic mass is 10.0. The van der Waals surface area contributed by atoms with E-state index in [9.17, 15) is 14.4 Å². The zero-order valence-electron chi connectivity index (χ0n) is 9.57. The summed E-state index contributed by atoms with van der Waals surface area (Å²) in [4.78, 5) is 34.4. The van der Waals surface area contributed by atoms with Gasteiger partial charge in [0.1, 0.15) is 17.1 Å². The van der Waals surface area contributed by atoms with Gasteiger partial charge in [0.15, 0.2) is 0 Å². The normalized spacial score (nSPS) is 26.2. The summed E-state index contributed by atoms with van der Waals surface area (Å²) >= 11 is 1.34. The van der Waals surface area contributed by atoms with Crippen LogP contribution in [0, 0.1) is 0 Å². The molecule has 1 saturated heterocycles. The van der Waals surface area contributed by atoms with Gasteiger partial charge in [0.25, 0.3) is 0 Å². The van der Waals surface area contributed by atoms with Crippen molar-refractivity contribution in [2.45, 2.75) is 11.4 Å². The number of nitrogens with two attached hydrogens (primary N) is 2. The maximum atomic E-state index is 11.6. The Hall–Kier alpha value is -2.07. The predicted molar refractivity (Wildman–Crippen MR) is 66.9 cm³/mol. The van der Waals surface area contributed by atoms with Gasteiger partial charge in [0.05, 0.1) is 6.21 Å². The third kappa shape index (κ3) is 2.27. The number of hydrogen-bond acceptors (Lipinski definition) is 6. The number of carbonyl (C=O) groups is 3. The molecule has 2 atom stereocenters. The fraction of sp³-hybridized carbons (Fsp3) is 0.333. The van der Waals surface area contributed by atoms with Crippen LogP contribution in [0.4, 0.5) is 4.79 Å². The topological polar surface area (TPSA) is 151 Å². The number of aliphatic carboxylic acids is 1. The van der Waals surface area contributed by atoms with Crippen LogP contribution in [0.5, 0.6) is 0 Å². The van der Waals surface area contributed by atoms with Crippen LogP contribution in [0.15, 0.2) is 16.4 Å². The van der Waals surface area contributed by atoms with Gasteiger partial charge in [-0.05, 0) is 0 Å². The van der Waals surface area contributed by atoms with E-state index in [1.807, 2.05) is 5.43 Å². The lowest BCUT2D eigenvalue weighted by Gasteiger charge is -2.47. The summed E-state index contributed by atoms with van der Waals surface area (Å²) in [5.74, 6) is -1.36. The molecule has 2 heterocycles. The molecule has 0 spiro atoms. The molecule has 3 amide bonds. The van der Waals surface area contributed by atoms with E-state index in [0.717, 1.165) is 11.1 Å². The smallest absolute Gasteiger partial charge is 0.353 e. The molecule has 102 valence electrons. The highest BCUT2D eigenvalue weighted by atomic mass is 32.2. The third-order valence-electron chi connectivity index (χ3n) is 2.64. The molecule has 0 aromatic carbocycles. The molecule has 0 radical (unpaired) electrons. The third-order valence-corrected chi connectivity index (χ3v) is 3.96. The largest absolute Gasteiger partial charge is 0.477 e. The Morgan fingerprint density at radius 3 is 2.84 bits per heavy atom. The molecule has 9 nitrogen and oxygen atoms in total. The zero-order chi connectivity index (χ0) is 14.2. The molecule has 2 aliphatic heterocycles. The molecule has 2 aliphatic rings. The number of primary amides is 1. The summed E-state index contributed by atoms with van der Waals surface area (Å²) in [7, 11) is 0. The van der Waals surface area contributed by atoms with E-state index in [2.05, 4.69) is 5.10 Å². The van der Waals surface area contributed by atoms with Crippen LogP contribution < -0.4 is 16.9 Å². The van der Waals surface area contributed by atoms with E-state index >= 15 is 0 Å². The summed E-state index contributed by atoms with van der Waals surface area (Å²) in [5, 5.41) is 12.3. The Balaban J connectivity index is 2.28. The minimum absolute atomic E-state index is 0.162. The number of carbonyl (C=O) groups excluding carboxylic acids is 2. The lowest BCUT2D eigenvalue weighted by molar-refractivity contribution is -0.147. The van der Waals surface area contributed by atoms with Crippen LogP contribution in [-0.2, 0) is 9.59 Å². The minimum Gasteiger partial charge on any atom is -0.477 e. The van der Waals surface area contributed by atoms with Crippen molar-refractivity contribution < 1.29 is 19.5 Å². The average Bonchev–Trinajstić information content (AvgIpc) is 2.36. The van der Waals surface area contributed by atoms with Crippen LogP contribution in [0.1, 0.15) is 0 Å². The van der Waals surface area contributed by atoms with Gasteiger partial charge >= 0.3 is 12.0 Å². The standard InChI is InChI=1S/C9H11N5O4S/c10-4-6(15)14-5(8(16)17)3(2-19-7(4)14)1-12-13-9(11)18/h1,4,7H,2,10H2,(H,16,17)(H3,11,13,18)/b12-1+/t4?,7-/m1/s1. The number of carboxylic acid groups (broad SMARTS) is 1. The summed E-state index contributed by atoms with van der Waals surface area (Å²) in [6, 6.07) is -1.54. The van der Waals surface area contributed by atoms with Crippen molar-refractivity contribution in [2.24, 2.45) is 16.6 Å². The highest BCUT2D eigenvalue weighted by Crippen LogP contribution is 2.38. The van der Waals surface area contributed by atoms with E-state index in [1.54, 1.807) is 0 Å². The molecule has 10 heteroatoms. The van der Waals surface area contributed by atoms with Crippen molar-refractivity contribution in [1.29, 1.82) is 0 Å². The van der Waals surface area contributed by atoms with E-state index in [4.69, 9.17) is 16.6 Å². The second-order valence-electron chi connectivity index (χ2n) is 3.85. The number of nitrogens with zero attached hydrogens (tertiary/aromatic N) is 2. The molecule has 19 heavy (non-hydrogen) atoms. The van der Waals surface area contributed by atoms with Crippen LogP contribution >= 0.6 is 11.8 Å². The molecule has 0 aromatic rings. The number of carboxylic acids is 1. The number of rotatable bonds is 3. The van der Waals surface area contributed by atoms with E-state index in [1.165, 1.54) is 11.8 Å². The highest BCUT2D eigenvalue weighted by Gasteiger charge is 2.51. The van der Waals surface area contributed by atoms with Gasteiger partial charge in [-0.3, -0.25) is 9.69 Å². The fourth-order valence-corrected chi connectivity index (χ4v) is 3.06. The Morgan fingerprint density at radius 1 is 1.58 bits per heavy atom. The second kappa shape index (κ2) is 4.90. The maximum Gasteiger partial charge on any atom is 0.353 e. The van der Waals surface area contributed by atoms with Crippen molar-refractivity contribution in [1.82, 2.24) is 10.3 Å². The van der Waals surface area contributed by atoms with E-state index in [0.29, 0.717) is 11.3 Å². The predicted octanol–water partition coefficient (Wildman–Crippen LogP) is -1.78. The van der Waals surface area contributed by atoms with Crippen molar-refractivity contribution in [3.05, 3.63) is 11.3 Å². The van der Waals surface area contributed by atoms with Crippen molar-refractivity contribution in [2.75, 3.05) is 5.75 Å². The number of amides is 3. The Kier molecular flexibility index (Phi) is 3.44. The van der Waals surface area contributed by atoms with Crippen LogP contribution in [-0.4, -0.2) is 51.3 Å². The van der Waals surface area contributed by atoms with Gasteiger partial charge < -0.3 is 16.6 Å². The summed E-state index contributed by atoms with van der Waals surface area (Å²) in [6.45, 7) is 0. The first kappa shape index (κ1) is 13.4. The van der Waals surface area contributed by atoms with Gasteiger partial charge in [0.2, 0.25) is 5.91 Å². The van der Waals surface area contributed by atoms with Crippen molar-refractivity contribution in [3.8, 4) is 0 Å². The highest BCUT2D eigenvalue weighted by molar-refractivity contribution is 8.00. The molecule has 1 unspecified atom stereocenters. The first-order valence-electron chi connectivity index (χ1n) is 5.18. The quantitative estimate of drug-likeness (QED) is 0.273. The Morgan fingerprint density at radius 2 is 2.26 bits per heavy atom. The number of urea groups is 1. The van der Waals surface area contributed by atoms with Crippen molar-refractivity contribution in [3.63, 3.8) is 0 Å². The molecule has 2 rings (SSSR count). The number of nitrogens with one attached hydrogen (secondary N) is 1. The number of fused-ring (bicyclic) bond motifs is 1. The summed E-state index contributed by atoms with van der Waals surface area (Å²) < 4.78 is 0. The van der Waals surface area contributed by atoms with E-state index in [-0.39, 0.29) is 11.1 Å². The van der Waals surface area contributed by atoms with Crippen molar-refractivity contribution >= 4 is 35.9 Å². The average molecular weight is 285 g/mol. The van der Waals surface area contributed by atoms with Gasteiger partial charge in [0, 0.05) is 11.3 Å². The molecule has 0 saturated carbocycles. The molecular weight excluding hydrogens is 274 g/mol. The van der Waals surface area contributed by atoms with Gasteiger partial charge in [-0.15, -0.1) is 11.8 Å². The van der Waals surface area contributed by atoms with Gasteiger partial charge in [-0.1, -0.05) is 0 Å². The van der Waals surface area contributed by atoms with Gasteiger partial charge in [-0.2, -0.15) is 5.10 Å². The molecule has 0 bridgehead atoms. The number of thioether (sulfide) groups is 1.